The highest BCUT2D eigenvalue weighted by Crippen LogP contribution is 2.57. The number of fused-ring (bicyclic) bond motifs is 6. The van der Waals surface area contributed by atoms with E-state index in [0.717, 1.165) is 128 Å². The second kappa shape index (κ2) is 35.9. The monoisotopic (exact) mass is 1710 g/mol. The van der Waals surface area contributed by atoms with E-state index in [4.69, 9.17) is 0 Å². The van der Waals surface area contributed by atoms with Gasteiger partial charge in [0.05, 0.1) is 22.3 Å². The normalized spacial score (nSPS) is 15.2. The predicted octanol–water partition coefficient (Wildman–Crippen LogP) is 26.9. The van der Waals surface area contributed by atoms with Gasteiger partial charge in [-0.1, -0.05) is 282 Å². The molecule has 0 atom stereocenters. The van der Waals surface area contributed by atoms with Gasteiger partial charge in [-0.3, -0.25) is 77.1 Å². The zero-order chi connectivity index (χ0) is 89.4. The Hall–Kier alpha value is -12.0. The molecule has 0 saturated heterocycles. The minimum absolute atomic E-state index is 0.0975. The molecule has 0 fully saturated rings. The summed E-state index contributed by atoms with van der Waals surface area (Å²) in [4.78, 5) is 200. The number of hydrogen-bond donors (Lipinski definition) is 0. The minimum Gasteiger partial charge on any atom is -0.288 e. The van der Waals surface area contributed by atoms with Crippen molar-refractivity contribution in [2.24, 2.45) is 0 Å². The van der Waals surface area contributed by atoms with Gasteiger partial charge in [0.1, 0.15) is 0 Å². The van der Waals surface area contributed by atoms with E-state index in [2.05, 4.69) is 55.4 Å². The Morgan fingerprint density at radius 2 is 0.453 bits per heavy atom. The highest BCUT2D eigenvalue weighted by atomic mass is 16.2. The van der Waals surface area contributed by atoms with Crippen LogP contribution in [0.2, 0.25) is 0 Å². The van der Waals surface area contributed by atoms with Crippen LogP contribution in [-0.4, -0.2) is 114 Å². The third-order valence-corrected chi connectivity index (χ3v) is 29.2. The van der Waals surface area contributed by atoms with E-state index in [-0.39, 0.29) is 77.6 Å². The number of hydrogen-bond acceptors (Lipinski definition) is 12. The fourth-order valence-corrected chi connectivity index (χ4v) is 22.8. The van der Waals surface area contributed by atoms with Crippen molar-refractivity contribution in [3.63, 3.8) is 0 Å². The van der Waals surface area contributed by atoms with Crippen LogP contribution in [0.4, 0.5) is 0 Å². The first-order valence-corrected chi connectivity index (χ1v) is 48.2. The van der Waals surface area contributed by atoms with Gasteiger partial charge >= 0.3 is 0 Å². The van der Waals surface area contributed by atoms with Crippen molar-refractivity contribution in [3.8, 4) is 11.1 Å². The molecule has 0 bridgehead atoms. The molecule has 0 spiro atoms. The minimum atomic E-state index is -0.625. The molecule has 128 heavy (non-hydrogen) atoms. The molecular formula is C112H114N4O12. The fourth-order valence-electron chi connectivity index (χ4n) is 22.8. The topological polar surface area (TPSA) is 218 Å². The Morgan fingerprint density at radius 1 is 0.211 bits per heavy atom. The van der Waals surface area contributed by atoms with Crippen molar-refractivity contribution in [1.82, 2.24) is 19.6 Å². The van der Waals surface area contributed by atoms with Gasteiger partial charge in [0.25, 0.3) is 47.3 Å². The average molecular weight is 1710 g/mol. The summed E-state index contributed by atoms with van der Waals surface area (Å²) in [5.74, 6) is -6.20. The number of carbonyl (C=O) groups excluding carboxylic acids is 12. The van der Waals surface area contributed by atoms with Gasteiger partial charge in [0.2, 0.25) is 0 Å². The number of unbranched alkanes of at least 4 members (excludes halogenated alkanes) is 16. The molecule has 654 valence electrons. The molecule has 16 nitrogen and oxygen atoms in total. The van der Waals surface area contributed by atoms with Gasteiger partial charge in [-0.25, -0.2) is 0 Å². The van der Waals surface area contributed by atoms with E-state index in [1.165, 1.54) is 31.8 Å². The molecule has 4 aliphatic heterocycles. The Morgan fingerprint density at radius 3 is 0.711 bits per heavy atom. The number of carbonyl (C=O) groups is 12. The lowest BCUT2D eigenvalue weighted by molar-refractivity contribution is 0.0501. The average Bonchev–Trinajstić information content (AvgIpc) is 0.848. The van der Waals surface area contributed by atoms with E-state index in [1.807, 2.05) is 48.5 Å². The van der Waals surface area contributed by atoms with Crippen LogP contribution in [-0.2, 0) is 0 Å². The van der Waals surface area contributed by atoms with Crippen LogP contribution < -0.4 is 0 Å². The van der Waals surface area contributed by atoms with Gasteiger partial charge in [-0.2, -0.15) is 0 Å². The summed E-state index contributed by atoms with van der Waals surface area (Å²) in [5.41, 5.74) is 3.37. The van der Waals surface area contributed by atoms with E-state index in [9.17, 15) is 0 Å². The molecule has 0 radical (unpaired) electrons. The van der Waals surface area contributed by atoms with E-state index < -0.39 is 94.6 Å². The second-order valence-corrected chi connectivity index (χ2v) is 37.1. The lowest BCUT2D eigenvalue weighted by Gasteiger charge is -2.37. The highest BCUT2D eigenvalue weighted by Gasteiger charge is 2.48. The predicted molar refractivity (Wildman–Crippen MR) is 511 cm³/mol. The van der Waals surface area contributed by atoms with Crippen molar-refractivity contribution in [2.45, 2.75) is 285 Å². The van der Waals surface area contributed by atoms with Crippen molar-refractivity contribution >= 4 is 169 Å². The van der Waals surface area contributed by atoms with Crippen molar-refractivity contribution in [3.05, 3.63) is 210 Å². The maximum atomic E-state index is 17.4. The number of nitrogens with zero attached hydrogens (tertiary/aromatic N) is 4. The summed E-state index contributed by atoms with van der Waals surface area (Å²) >= 11 is 0. The number of imide groups is 4. The molecule has 18 rings (SSSR count). The fraction of sp³-hybridized carbons (Fsp3) is 0.393. The van der Waals surface area contributed by atoms with Crippen molar-refractivity contribution < 1.29 is 57.5 Å². The number of benzene rings is 12. The smallest absolute Gasteiger partial charge is 0.262 e. The molecule has 0 N–H and O–H groups in total. The molecule has 12 aromatic rings. The number of Topliss-reactive ketones (excluding diaryl/α,β-unsaturated/α-hetero) is 4. The number of allylic oxidation sites excluding steroid dienone is 2. The van der Waals surface area contributed by atoms with Crippen LogP contribution in [0.25, 0.3) is 109 Å². The molecule has 0 saturated carbocycles. The summed E-state index contributed by atoms with van der Waals surface area (Å²) < 4.78 is 0. The van der Waals surface area contributed by atoms with Crippen LogP contribution in [0.3, 0.4) is 0 Å². The number of amides is 8. The van der Waals surface area contributed by atoms with Crippen molar-refractivity contribution in [2.75, 3.05) is 0 Å². The van der Waals surface area contributed by atoms with Crippen LogP contribution in [0.1, 0.15) is 396 Å². The molecule has 0 aromatic heterocycles. The van der Waals surface area contributed by atoms with Gasteiger partial charge in [0.15, 0.2) is 23.1 Å². The first-order chi connectivity index (χ1) is 62.3. The molecule has 16 heteroatoms. The third kappa shape index (κ3) is 14.0. The Labute approximate surface area is 747 Å². The molecule has 2 aliphatic carbocycles. The number of ketones is 4. The summed E-state index contributed by atoms with van der Waals surface area (Å²) in [7, 11) is 0. The Bertz CT molecular complexity index is 6230. The van der Waals surface area contributed by atoms with Crippen LogP contribution in [0.15, 0.2) is 132 Å². The maximum absolute atomic E-state index is 17.4. The van der Waals surface area contributed by atoms with Gasteiger partial charge in [0, 0.05) is 101 Å². The Balaban J connectivity index is 1.02. The Kier molecular flexibility index (Phi) is 24.3. The van der Waals surface area contributed by atoms with E-state index in [1.54, 1.807) is 72.8 Å². The van der Waals surface area contributed by atoms with Crippen LogP contribution in [0.5, 0.6) is 0 Å². The quantitative estimate of drug-likeness (QED) is 0.00877. The summed E-state index contributed by atoms with van der Waals surface area (Å²) in [6.07, 6.45) is 27.7. The van der Waals surface area contributed by atoms with E-state index in [0.29, 0.717) is 186 Å². The lowest BCUT2D eigenvalue weighted by atomic mass is 9.75. The third-order valence-electron chi connectivity index (χ3n) is 29.2. The van der Waals surface area contributed by atoms with Gasteiger partial charge < -0.3 is 0 Å². The molecule has 6 aliphatic rings. The first-order valence-electron chi connectivity index (χ1n) is 48.2. The molecule has 12 aromatic carbocycles. The zero-order valence-corrected chi connectivity index (χ0v) is 75.3. The molecule has 4 heterocycles. The maximum Gasteiger partial charge on any atom is 0.262 e. The van der Waals surface area contributed by atoms with Gasteiger partial charge in [-0.05, 0) is 199 Å². The molecule has 8 amide bonds. The lowest BCUT2D eigenvalue weighted by Crippen LogP contribution is -2.47. The van der Waals surface area contributed by atoms with Gasteiger partial charge in [-0.15, -0.1) is 0 Å². The SMILES string of the molecule is CCCCCC(CCCCC)N1C(=O)c2ccc3c4cc(C=C5C(=O)c6ccccc6C5=O)c5c6c(cc(-c7cc8c9c(c(C=C%10C(=O)c%11ccccc%11C%10=O)cc%10c%11ccc%12c%13c(ccc(c7c9%10)c%13%11)C(=O)N(C(CCCCC)CCCCC)C%12=O)C(=O)N(C(CCCCC)CCCCC)C8=O)c(c7ccc(c2c37)C1=O)c64)C(=O)N(C(CCCCC)CCCCC)C5=O. The summed E-state index contributed by atoms with van der Waals surface area (Å²) in [6.45, 7) is 17.0. The first kappa shape index (κ1) is 86.7. The van der Waals surface area contributed by atoms with Crippen LogP contribution >= 0.6 is 0 Å². The largest absolute Gasteiger partial charge is 0.288 e. The summed E-state index contributed by atoms with van der Waals surface area (Å²) in [5, 5.41) is 7.26. The van der Waals surface area contributed by atoms with Crippen molar-refractivity contribution in [1.29, 1.82) is 0 Å². The standard InChI is InChI=1S/C112H114N4O12/c1-9-17-25-37-65(38-26-18-10-2)113-105(121)77-53-49-69-81-57-63(59-87-101(117)71-45-33-34-46-72(71)102(87)118)89-99-85(109(125)115(111(89)127)67(41-29-21-13-5)42-30-22-14-6)61-83(93(97(81)99)75-51-55-79(107(113)123)95(77)91(69)75)84-62-86-100-90(112(128)116(110(86)126)68(43-31-23-15-7)44-32-24-16-8)64(60-88-103(119)73-47-35-36-48-74(73)104(88)120)58-82-70-50-54-78-96-80(56-52-76(92(70)96)94(84)98(82)100)108(124)114(106(78)122)66(39-27-19-11-3)40-28-20-12-4/h33-36,45-62,65-68H,9-32,37-44H2,1-8H3. The highest BCUT2D eigenvalue weighted by molar-refractivity contribution is 6.49. The molecule has 0 unspecified atom stereocenters. The molecular weight excluding hydrogens is 1590 g/mol. The zero-order valence-electron chi connectivity index (χ0n) is 75.3. The summed E-state index contributed by atoms with van der Waals surface area (Å²) in [6, 6.07) is 33.4. The van der Waals surface area contributed by atoms with E-state index >= 15 is 57.5 Å². The van der Waals surface area contributed by atoms with Crippen LogP contribution in [0, 0.1) is 0 Å². The second-order valence-electron chi connectivity index (χ2n) is 37.1. The number of rotatable bonds is 39.